The molecule has 0 saturated carbocycles. The maximum Gasteiger partial charge on any atom is 0.228 e. The lowest BCUT2D eigenvalue weighted by atomic mass is 10.00. The predicted molar refractivity (Wildman–Crippen MR) is 115 cm³/mol. The van der Waals surface area contributed by atoms with Gasteiger partial charge in [-0.05, 0) is 43.7 Å². The first kappa shape index (κ1) is 21.7. The Kier molecular flexibility index (Phi) is 7.70. The van der Waals surface area contributed by atoms with E-state index in [-0.39, 0.29) is 12.7 Å². The lowest BCUT2D eigenvalue weighted by molar-refractivity contribution is 0.0328. The van der Waals surface area contributed by atoms with Crippen molar-refractivity contribution in [3.63, 3.8) is 0 Å². The zero-order valence-corrected chi connectivity index (χ0v) is 18.4. The van der Waals surface area contributed by atoms with Gasteiger partial charge in [-0.1, -0.05) is 18.7 Å². The van der Waals surface area contributed by atoms with Crippen molar-refractivity contribution in [3.8, 4) is 0 Å². The second-order valence-electron chi connectivity index (χ2n) is 8.26. The van der Waals surface area contributed by atoms with Gasteiger partial charge in [0, 0.05) is 25.4 Å². The number of hydrogen-bond donors (Lipinski definition) is 1. The van der Waals surface area contributed by atoms with E-state index in [1.807, 2.05) is 12.1 Å². The van der Waals surface area contributed by atoms with Crippen LogP contribution in [-0.2, 0) is 22.6 Å². The van der Waals surface area contributed by atoms with Gasteiger partial charge in [-0.3, -0.25) is 4.57 Å². The number of anilines is 1. The average Bonchev–Trinajstić information content (AvgIpc) is 3.50. The summed E-state index contributed by atoms with van der Waals surface area (Å²) in [5.74, 6) is 2.95. The maximum atomic E-state index is 10.3. The Labute approximate surface area is 181 Å². The zero-order chi connectivity index (χ0) is 20.8. The van der Waals surface area contributed by atoms with E-state index < -0.39 is 6.10 Å². The van der Waals surface area contributed by atoms with Crippen molar-refractivity contribution < 1.29 is 19.0 Å². The Morgan fingerprint density at radius 3 is 2.90 bits per heavy atom. The minimum atomic E-state index is -0.586. The highest BCUT2D eigenvalue weighted by Gasteiger charge is 2.26. The summed E-state index contributed by atoms with van der Waals surface area (Å²) in [4.78, 5) is 2.34. The highest BCUT2D eigenvalue weighted by Crippen LogP contribution is 2.28. The third-order valence-corrected chi connectivity index (χ3v) is 6.83. The topological polar surface area (TPSA) is 85.8 Å². The van der Waals surface area contributed by atoms with Gasteiger partial charge in [-0.2, -0.15) is 0 Å². The first-order valence-corrected chi connectivity index (χ1v) is 11.9. The van der Waals surface area contributed by atoms with Crippen LogP contribution in [0.4, 0.5) is 5.95 Å². The molecule has 1 N–H and O–H groups in total. The van der Waals surface area contributed by atoms with E-state index in [1.165, 1.54) is 24.6 Å². The molecule has 4 heterocycles. The van der Waals surface area contributed by atoms with Crippen LogP contribution < -0.4 is 4.90 Å². The number of hydrogen-bond acceptors (Lipinski definition) is 8. The normalized spacial score (nSPS) is 21.4. The summed E-state index contributed by atoms with van der Waals surface area (Å²) in [6, 6.07) is 3.68. The van der Waals surface area contributed by atoms with Crippen LogP contribution in [0.2, 0.25) is 0 Å². The summed E-state index contributed by atoms with van der Waals surface area (Å²) in [5.41, 5.74) is 0. The van der Waals surface area contributed by atoms with Crippen LogP contribution in [0.5, 0.6) is 0 Å². The molecule has 2 fully saturated rings. The van der Waals surface area contributed by atoms with E-state index in [0.717, 1.165) is 61.9 Å². The van der Waals surface area contributed by atoms with Gasteiger partial charge in [0.2, 0.25) is 5.95 Å². The van der Waals surface area contributed by atoms with Gasteiger partial charge >= 0.3 is 0 Å². The highest BCUT2D eigenvalue weighted by atomic mass is 32.2. The average molecular weight is 437 g/mol. The summed E-state index contributed by atoms with van der Waals surface area (Å²) in [6.45, 7) is 6.55. The minimum absolute atomic E-state index is 0.212. The fourth-order valence-electron chi connectivity index (χ4n) is 3.89. The van der Waals surface area contributed by atoms with Crippen molar-refractivity contribution in [2.75, 3.05) is 37.0 Å². The molecule has 166 valence electrons. The number of aromatic nitrogens is 3. The Bertz CT molecular complexity index is 755. The van der Waals surface area contributed by atoms with Crippen molar-refractivity contribution in [3.05, 3.63) is 24.2 Å². The smallest absolute Gasteiger partial charge is 0.228 e. The van der Waals surface area contributed by atoms with Gasteiger partial charge in [0.05, 0.1) is 31.6 Å². The van der Waals surface area contributed by atoms with Crippen molar-refractivity contribution in [1.29, 1.82) is 0 Å². The Hall–Kier alpha value is -1.55. The number of thioether (sulfide) groups is 1. The largest absolute Gasteiger partial charge is 0.467 e. The third kappa shape index (κ3) is 5.78. The summed E-state index contributed by atoms with van der Waals surface area (Å²) in [6.07, 6.45) is 5.79. The summed E-state index contributed by atoms with van der Waals surface area (Å²) in [7, 11) is 0. The Morgan fingerprint density at radius 1 is 1.30 bits per heavy atom. The van der Waals surface area contributed by atoms with Gasteiger partial charge in [-0.25, -0.2) is 0 Å². The van der Waals surface area contributed by atoms with Crippen LogP contribution in [0.25, 0.3) is 0 Å². The predicted octanol–water partition coefficient (Wildman–Crippen LogP) is 2.96. The van der Waals surface area contributed by atoms with Crippen molar-refractivity contribution >= 4 is 17.7 Å². The highest BCUT2D eigenvalue weighted by molar-refractivity contribution is 7.99. The van der Waals surface area contributed by atoms with Crippen LogP contribution in [0, 0.1) is 5.92 Å². The molecule has 0 aromatic carbocycles. The molecule has 0 spiro atoms. The molecule has 0 aliphatic carbocycles. The van der Waals surface area contributed by atoms with Crippen molar-refractivity contribution in [2.45, 2.75) is 63.1 Å². The van der Waals surface area contributed by atoms with Crippen molar-refractivity contribution in [1.82, 2.24) is 14.8 Å². The van der Waals surface area contributed by atoms with Crippen LogP contribution in [-0.4, -0.2) is 64.1 Å². The van der Waals surface area contributed by atoms with Crippen molar-refractivity contribution in [2.24, 2.45) is 5.92 Å². The molecule has 30 heavy (non-hydrogen) atoms. The lowest BCUT2D eigenvalue weighted by Crippen LogP contribution is -2.35. The first-order valence-electron chi connectivity index (χ1n) is 10.9. The number of ether oxygens (including phenoxy) is 2. The fraction of sp³-hybridized carbons (Fsp3) is 0.714. The summed E-state index contributed by atoms with van der Waals surface area (Å²) >= 11 is 1.53. The molecular weight excluding hydrogens is 404 g/mol. The number of piperidine rings is 1. The maximum absolute atomic E-state index is 10.3. The molecule has 9 heteroatoms. The molecule has 2 atom stereocenters. The molecule has 0 amide bonds. The number of nitrogens with zero attached hydrogens (tertiary/aromatic N) is 4. The molecule has 0 bridgehead atoms. The SMILES string of the molecule is CC1CCN(c2nnc(SCC(O)COCc3ccco3)n2CC2CCCO2)CC1. The Balaban J connectivity index is 1.35. The molecule has 2 aromatic heterocycles. The molecule has 2 unspecified atom stereocenters. The van der Waals surface area contributed by atoms with E-state index >= 15 is 0 Å². The molecule has 2 saturated heterocycles. The molecule has 4 rings (SSSR count). The quantitative estimate of drug-likeness (QED) is 0.569. The second kappa shape index (κ2) is 10.7. The van der Waals surface area contributed by atoms with Gasteiger partial charge in [0.1, 0.15) is 12.4 Å². The molecule has 2 aliphatic rings. The number of aliphatic hydroxyl groups excluding tert-OH is 1. The zero-order valence-electron chi connectivity index (χ0n) is 17.6. The molecule has 2 aliphatic heterocycles. The lowest BCUT2D eigenvalue weighted by Gasteiger charge is -2.31. The van der Waals surface area contributed by atoms with Crippen LogP contribution in [0.15, 0.2) is 28.0 Å². The molecule has 0 radical (unpaired) electrons. The first-order chi connectivity index (χ1) is 14.7. The van der Waals surface area contributed by atoms with E-state index in [4.69, 9.17) is 13.9 Å². The third-order valence-electron chi connectivity index (χ3n) is 5.71. The van der Waals surface area contributed by atoms with E-state index in [2.05, 4.69) is 26.6 Å². The van der Waals surface area contributed by atoms with E-state index in [1.54, 1.807) is 6.26 Å². The van der Waals surface area contributed by atoms with Crippen LogP contribution in [0.1, 0.15) is 38.4 Å². The number of furan rings is 1. The molecule has 2 aromatic rings. The van der Waals surface area contributed by atoms with Gasteiger partial charge in [0.25, 0.3) is 0 Å². The molecule has 8 nitrogen and oxygen atoms in total. The molecular formula is C21H32N4O4S. The van der Waals surface area contributed by atoms with Gasteiger partial charge < -0.3 is 23.9 Å². The van der Waals surface area contributed by atoms with Gasteiger partial charge in [-0.15, -0.1) is 10.2 Å². The summed E-state index contributed by atoms with van der Waals surface area (Å²) in [5, 5.41) is 20.1. The van der Waals surface area contributed by atoms with E-state index in [0.29, 0.717) is 12.4 Å². The fourth-order valence-corrected chi connectivity index (χ4v) is 4.74. The minimum Gasteiger partial charge on any atom is -0.467 e. The van der Waals surface area contributed by atoms with Crippen LogP contribution in [0.3, 0.4) is 0 Å². The summed E-state index contributed by atoms with van der Waals surface area (Å²) < 4.78 is 18.8. The van der Waals surface area contributed by atoms with Gasteiger partial charge in [0.15, 0.2) is 5.16 Å². The Morgan fingerprint density at radius 2 is 2.17 bits per heavy atom. The number of aliphatic hydroxyl groups is 1. The monoisotopic (exact) mass is 436 g/mol. The number of rotatable bonds is 10. The standard InChI is InChI=1S/C21H32N4O4S/c1-16-6-8-24(9-7-16)20-22-23-21(25(20)12-18-4-2-10-28-18)30-15-17(26)13-27-14-19-5-3-11-29-19/h3,5,11,16-18,26H,2,4,6-10,12-15H2,1H3. The van der Waals surface area contributed by atoms with E-state index in [9.17, 15) is 5.11 Å². The van der Waals surface area contributed by atoms with Crippen LogP contribution >= 0.6 is 11.8 Å². The second-order valence-corrected chi connectivity index (χ2v) is 9.24.